The molecule has 0 aromatic carbocycles. The highest BCUT2D eigenvalue weighted by molar-refractivity contribution is 6.26. The van der Waals surface area contributed by atoms with Crippen molar-refractivity contribution in [3.63, 3.8) is 0 Å². The van der Waals surface area contributed by atoms with E-state index in [0.29, 0.717) is 30.6 Å². The second kappa shape index (κ2) is 8.10. The number of aromatic nitrogens is 1. The van der Waals surface area contributed by atoms with Crippen molar-refractivity contribution in [1.29, 1.82) is 0 Å². The average molecular weight is 432 g/mol. The van der Waals surface area contributed by atoms with Crippen LogP contribution >= 0.6 is 0 Å². The number of aliphatic hydroxyl groups excluding tert-OH is 1. The number of aliphatic hydroxyl groups is 1. The zero-order valence-electron chi connectivity index (χ0n) is 17.6. The summed E-state index contributed by atoms with van der Waals surface area (Å²) in [5.74, 6) is -0.684. The molecule has 1 amide bonds. The minimum atomic E-state index is -0.991. The second-order valence-electron chi connectivity index (χ2n) is 8.39. The summed E-state index contributed by atoms with van der Waals surface area (Å²) in [6.45, 7) is 1.62. The molecule has 2 heterocycles. The van der Waals surface area contributed by atoms with E-state index in [9.17, 15) is 19.5 Å². The molecule has 31 heavy (non-hydrogen) atoms. The number of fused-ring (bicyclic) bond motifs is 3. The molecule has 4 rings (SSSR count). The summed E-state index contributed by atoms with van der Waals surface area (Å²) in [6, 6.07) is -0.723. The fourth-order valence-electron chi connectivity index (χ4n) is 5.00. The van der Waals surface area contributed by atoms with E-state index in [4.69, 9.17) is 20.9 Å². The summed E-state index contributed by atoms with van der Waals surface area (Å²) in [5.41, 5.74) is 13.1. The molecule has 10 heteroatoms. The number of rotatable bonds is 5. The van der Waals surface area contributed by atoms with Crippen LogP contribution in [0.25, 0.3) is 0 Å². The van der Waals surface area contributed by atoms with Gasteiger partial charge in [-0.05, 0) is 19.8 Å². The Balaban J connectivity index is 1.80. The number of hydrogen-bond donors (Lipinski definition) is 4. The number of carbonyl (C=O) groups is 3. The van der Waals surface area contributed by atoms with E-state index in [2.05, 4.69) is 5.32 Å². The number of primary amides is 1. The molecule has 1 saturated carbocycles. The third-order valence-corrected chi connectivity index (χ3v) is 6.52. The molecule has 10 nitrogen and oxygen atoms in total. The van der Waals surface area contributed by atoms with E-state index < -0.39 is 24.3 Å². The summed E-state index contributed by atoms with van der Waals surface area (Å²) >= 11 is 0. The molecular weight excluding hydrogens is 404 g/mol. The van der Waals surface area contributed by atoms with E-state index in [1.807, 2.05) is 0 Å². The van der Waals surface area contributed by atoms with Gasteiger partial charge in [0.2, 0.25) is 11.6 Å². The van der Waals surface area contributed by atoms with Gasteiger partial charge in [-0.1, -0.05) is 12.8 Å². The van der Waals surface area contributed by atoms with Gasteiger partial charge < -0.3 is 35.9 Å². The highest BCUT2D eigenvalue weighted by Crippen LogP contribution is 2.41. The van der Waals surface area contributed by atoms with Gasteiger partial charge in [0, 0.05) is 24.8 Å². The first kappa shape index (κ1) is 21.5. The Morgan fingerprint density at radius 1 is 1.26 bits per heavy atom. The van der Waals surface area contributed by atoms with Crippen molar-refractivity contribution < 1.29 is 29.0 Å². The molecule has 0 unspecified atom stereocenters. The number of nitrogens with zero attached hydrogens (tertiary/aromatic N) is 1. The van der Waals surface area contributed by atoms with Gasteiger partial charge in [-0.15, -0.1) is 0 Å². The third kappa shape index (κ3) is 3.44. The number of ether oxygens (including phenoxy) is 2. The molecule has 0 bridgehead atoms. The van der Waals surface area contributed by atoms with Crippen molar-refractivity contribution in [3.8, 4) is 0 Å². The highest BCUT2D eigenvalue weighted by Gasteiger charge is 2.45. The smallest absolute Gasteiger partial charge is 0.404 e. The Kier molecular flexibility index (Phi) is 5.63. The van der Waals surface area contributed by atoms with Gasteiger partial charge in [-0.2, -0.15) is 0 Å². The lowest BCUT2D eigenvalue weighted by Gasteiger charge is -2.31. The number of nitrogens with one attached hydrogen (secondary N) is 1. The first-order valence-corrected chi connectivity index (χ1v) is 10.5. The standard InChI is InChI=1S/C21H28N4O6/c1-9-15(24-12-5-3-4-6-13(12)26)19(28)14-10(8-31-21(23)29)16-20(30-2)11(22)7-25(16)17(14)18(9)27/h11-13,20,24,26H,3-8,22H2,1-2H3,(H2,23,29)/t11-,12+,13+,20+/m0/s1. The van der Waals surface area contributed by atoms with Crippen molar-refractivity contribution in [2.24, 2.45) is 11.5 Å². The maximum Gasteiger partial charge on any atom is 0.404 e. The summed E-state index contributed by atoms with van der Waals surface area (Å²) in [4.78, 5) is 38.2. The molecule has 1 aromatic heterocycles. The molecule has 168 valence electrons. The number of Topliss-reactive ketones (excluding diaryl/α,β-unsaturated/α-hetero) is 2. The average Bonchev–Trinajstić information content (AvgIpc) is 3.21. The molecule has 0 saturated heterocycles. The Labute approximate surface area is 179 Å². The lowest BCUT2D eigenvalue weighted by atomic mass is 9.87. The fraction of sp³-hybridized carbons (Fsp3) is 0.571. The van der Waals surface area contributed by atoms with E-state index in [1.165, 1.54) is 7.11 Å². The largest absolute Gasteiger partial charge is 0.445 e. The predicted octanol–water partition coefficient (Wildman–Crippen LogP) is 0.658. The molecule has 1 aliphatic heterocycles. The minimum absolute atomic E-state index is 0.173. The third-order valence-electron chi connectivity index (χ3n) is 6.52. The van der Waals surface area contributed by atoms with Crippen molar-refractivity contribution in [1.82, 2.24) is 9.88 Å². The first-order valence-electron chi connectivity index (χ1n) is 10.5. The fourth-order valence-corrected chi connectivity index (χ4v) is 5.00. The second-order valence-corrected chi connectivity index (χ2v) is 8.39. The van der Waals surface area contributed by atoms with E-state index in [-0.39, 0.29) is 46.7 Å². The van der Waals surface area contributed by atoms with Crippen LogP contribution in [-0.4, -0.2) is 52.6 Å². The van der Waals surface area contributed by atoms with Crippen molar-refractivity contribution in [2.45, 2.75) is 70.1 Å². The molecule has 1 aromatic rings. The van der Waals surface area contributed by atoms with Gasteiger partial charge in [0.25, 0.3) is 0 Å². The minimum Gasteiger partial charge on any atom is -0.445 e. The molecule has 4 atom stereocenters. The van der Waals surface area contributed by atoms with Gasteiger partial charge >= 0.3 is 6.09 Å². The van der Waals surface area contributed by atoms with Gasteiger partial charge in [-0.3, -0.25) is 9.59 Å². The van der Waals surface area contributed by atoms with E-state index >= 15 is 0 Å². The molecule has 6 N–H and O–H groups in total. The first-order chi connectivity index (χ1) is 14.8. The van der Waals surface area contributed by atoms with Gasteiger partial charge in [0.05, 0.1) is 35.1 Å². The Hall–Kier alpha value is -2.69. The molecule has 3 aliphatic rings. The number of methoxy groups -OCH3 is 1. The summed E-state index contributed by atoms with van der Waals surface area (Å²) in [6.07, 6.45) is 1.06. The molecule has 2 aliphatic carbocycles. The van der Waals surface area contributed by atoms with Crippen LogP contribution in [0.2, 0.25) is 0 Å². The van der Waals surface area contributed by atoms with Gasteiger partial charge in [0.1, 0.15) is 18.4 Å². The molecular formula is C21H28N4O6. The summed E-state index contributed by atoms with van der Waals surface area (Å²) in [7, 11) is 1.50. The van der Waals surface area contributed by atoms with Crippen molar-refractivity contribution in [2.75, 3.05) is 7.11 Å². The Morgan fingerprint density at radius 2 is 1.97 bits per heavy atom. The number of ketones is 2. The van der Waals surface area contributed by atoms with Crippen molar-refractivity contribution in [3.05, 3.63) is 33.8 Å². The lowest BCUT2D eigenvalue weighted by Crippen LogP contribution is -2.45. The zero-order valence-corrected chi connectivity index (χ0v) is 17.6. The predicted molar refractivity (Wildman–Crippen MR) is 109 cm³/mol. The molecule has 1 fully saturated rings. The normalized spacial score (nSPS) is 27.9. The van der Waals surface area contributed by atoms with Crippen LogP contribution in [0.5, 0.6) is 0 Å². The number of amides is 1. The summed E-state index contributed by atoms with van der Waals surface area (Å²) < 4.78 is 12.2. The van der Waals surface area contributed by atoms with E-state index in [1.54, 1.807) is 11.5 Å². The van der Waals surface area contributed by atoms with Gasteiger partial charge in [0.15, 0.2) is 0 Å². The molecule has 0 radical (unpaired) electrons. The summed E-state index contributed by atoms with van der Waals surface area (Å²) in [5, 5.41) is 13.5. The van der Waals surface area contributed by atoms with Crippen LogP contribution in [0.3, 0.4) is 0 Å². The van der Waals surface area contributed by atoms with Crippen LogP contribution in [0.15, 0.2) is 11.3 Å². The maximum absolute atomic E-state index is 13.6. The number of hydrogen-bond acceptors (Lipinski definition) is 8. The number of carbonyl (C=O) groups excluding carboxylic acids is 3. The monoisotopic (exact) mass is 432 g/mol. The SMILES string of the molecule is CO[C@H]1c2c(COC(N)=O)c3c(n2C[C@@H]1N)C(=O)C(C)=C(N[C@@H]1CCCC[C@H]1O)C3=O. The van der Waals surface area contributed by atoms with Gasteiger partial charge in [-0.25, -0.2) is 4.79 Å². The van der Waals surface area contributed by atoms with Crippen LogP contribution in [0.1, 0.15) is 70.8 Å². The molecule has 0 spiro atoms. The number of allylic oxidation sites excluding steroid dienone is 2. The number of nitrogens with two attached hydrogens (primary N) is 2. The zero-order chi connectivity index (χ0) is 22.4. The van der Waals surface area contributed by atoms with Crippen LogP contribution in [0, 0.1) is 0 Å². The Morgan fingerprint density at radius 3 is 2.61 bits per heavy atom. The topological polar surface area (TPSA) is 159 Å². The Bertz CT molecular complexity index is 981. The quantitative estimate of drug-likeness (QED) is 0.528. The van der Waals surface area contributed by atoms with Crippen LogP contribution in [-0.2, 0) is 22.6 Å². The highest BCUT2D eigenvalue weighted by atomic mass is 16.5. The van der Waals surface area contributed by atoms with Crippen LogP contribution in [0.4, 0.5) is 4.79 Å². The van der Waals surface area contributed by atoms with E-state index in [0.717, 1.165) is 12.8 Å². The maximum atomic E-state index is 13.6. The van der Waals surface area contributed by atoms with Crippen molar-refractivity contribution >= 4 is 17.7 Å². The lowest BCUT2D eigenvalue weighted by molar-refractivity contribution is 0.0857. The van der Waals surface area contributed by atoms with Crippen LogP contribution < -0.4 is 16.8 Å².